The zero-order valence-corrected chi connectivity index (χ0v) is 18.0. The third-order valence-corrected chi connectivity index (χ3v) is 5.33. The number of aryl methyl sites for hydroxylation is 1. The molecule has 8 nitrogen and oxygen atoms in total. The lowest BCUT2D eigenvalue weighted by Crippen LogP contribution is -2.42. The van der Waals surface area contributed by atoms with E-state index in [-0.39, 0.29) is 24.2 Å². The lowest BCUT2D eigenvalue weighted by atomic mass is 10.1. The number of halogens is 3. The Morgan fingerprint density at radius 1 is 1.27 bits per heavy atom. The molecule has 1 unspecified atom stereocenters. The Morgan fingerprint density at radius 2 is 1.97 bits per heavy atom. The molecule has 33 heavy (non-hydrogen) atoms. The van der Waals surface area contributed by atoms with E-state index in [1.54, 1.807) is 18.2 Å². The van der Waals surface area contributed by atoms with Crippen LogP contribution in [0.1, 0.15) is 17.5 Å². The lowest BCUT2D eigenvalue weighted by Gasteiger charge is -2.27. The molecule has 0 N–H and O–H groups in total. The summed E-state index contributed by atoms with van der Waals surface area (Å²) >= 11 is 0. The van der Waals surface area contributed by atoms with Gasteiger partial charge >= 0.3 is 6.18 Å². The minimum Gasteiger partial charge on any atom is -0.495 e. The van der Waals surface area contributed by atoms with Gasteiger partial charge in [-0.15, -0.1) is 0 Å². The average Bonchev–Trinajstić information content (AvgIpc) is 3.13. The summed E-state index contributed by atoms with van der Waals surface area (Å²) in [6.07, 6.45) is -5.00. The summed E-state index contributed by atoms with van der Waals surface area (Å²) in [5.41, 5.74) is 0.857. The number of ether oxygens (including phenoxy) is 1. The van der Waals surface area contributed by atoms with Crippen LogP contribution in [-0.4, -0.2) is 48.0 Å². The van der Waals surface area contributed by atoms with Gasteiger partial charge in [-0.25, -0.2) is 0 Å². The van der Waals surface area contributed by atoms with Gasteiger partial charge in [0.05, 0.1) is 30.2 Å². The third kappa shape index (κ3) is 5.60. The van der Waals surface area contributed by atoms with Crippen molar-refractivity contribution in [1.82, 2.24) is 4.90 Å². The lowest BCUT2D eigenvalue weighted by molar-refractivity contribution is -0.385. The number of anilines is 1. The molecule has 0 radical (unpaired) electrons. The predicted octanol–water partition coefficient (Wildman–Crippen LogP) is 3.86. The highest BCUT2D eigenvalue weighted by molar-refractivity contribution is 6.01. The van der Waals surface area contributed by atoms with E-state index in [9.17, 15) is 32.9 Å². The Bertz CT molecular complexity index is 1070. The van der Waals surface area contributed by atoms with Crippen LogP contribution in [-0.2, 0) is 16.1 Å². The van der Waals surface area contributed by atoms with Gasteiger partial charge in [-0.05, 0) is 24.6 Å². The number of benzene rings is 2. The van der Waals surface area contributed by atoms with Crippen LogP contribution in [0.3, 0.4) is 0 Å². The van der Waals surface area contributed by atoms with Crippen molar-refractivity contribution in [1.29, 1.82) is 0 Å². The van der Waals surface area contributed by atoms with Gasteiger partial charge in [-0.3, -0.25) is 19.7 Å². The van der Waals surface area contributed by atoms with Gasteiger partial charge in [0.2, 0.25) is 11.8 Å². The van der Waals surface area contributed by atoms with Gasteiger partial charge in [-0.1, -0.05) is 24.3 Å². The highest BCUT2D eigenvalue weighted by Gasteiger charge is 2.41. The predicted molar refractivity (Wildman–Crippen MR) is 113 cm³/mol. The highest BCUT2D eigenvalue weighted by Crippen LogP contribution is 2.35. The molecule has 1 aliphatic rings. The second-order valence-electron chi connectivity index (χ2n) is 7.78. The molecule has 0 saturated carbocycles. The first-order chi connectivity index (χ1) is 15.5. The van der Waals surface area contributed by atoms with Crippen molar-refractivity contribution in [3.8, 4) is 5.75 Å². The van der Waals surface area contributed by atoms with Crippen LogP contribution < -0.4 is 9.64 Å². The fourth-order valence-corrected chi connectivity index (χ4v) is 3.83. The number of carbonyl (C=O) groups is 2. The summed E-state index contributed by atoms with van der Waals surface area (Å²) in [5.74, 6) is -1.95. The number of para-hydroxylation sites is 1. The van der Waals surface area contributed by atoms with E-state index in [1.165, 1.54) is 30.2 Å². The van der Waals surface area contributed by atoms with Crippen LogP contribution in [0.4, 0.5) is 24.5 Å². The molecule has 1 atom stereocenters. The van der Waals surface area contributed by atoms with E-state index < -0.39 is 41.9 Å². The highest BCUT2D eigenvalue weighted by atomic mass is 19.4. The number of rotatable bonds is 7. The number of carbonyl (C=O) groups excluding carboxylic acids is 2. The van der Waals surface area contributed by atoms with E-state index in [2.05, 4.69) is 0 Å². The van der Waals surface area contributed by atoms with Crippen molar-refractivity contribution in [2.24, 2.45) is 5.92 Å². The Balaban J connectivity index is 1.87. The number of hydrogen-bond donors (Lipinski definition) is 0. The molecule has 1 aliphatic heterocycles. The van der Waals surface area contributed by atoms with Crippen LogP contribution in [0.15, 0.2) is 42.5 Å². The Kier molecular flexibility index (Phi) is 6.89. The number of nitrogens with zero attached hydrogens (tertiary/aromatic N) is 3. The molecule has 2 aromatic carbocycles. The fraction of sp³-hybridized carbons (Fsp3) is 0.364. The van der Waals surface area contributed by atoms with Gasteiger partial charge in [-0.2, -0.15) is 13.2 Å². The van der Waals surface area contributed by atoms with Crippen molar-refractivity contribution in [3.63, 3.8) is 0 Å². The molecule has 0 aromatic heterocycles. The van der Waals surface area contributed by atoms with Crippen LogP contribution in [0, 0.1) is 23.0 Å². The molecular formula is C22H22F3N3O5. The molecule has 0 spiro atoms. The zero-order chi connectivity index (χ0) is 24.3. The summed E-state index contributed by atoms with van der Waals surface area (Å²) in [5, 5.41) is 11.3. The first kappa shape index (κ1) is 24.0. The van der Waals surface area contributed by atoms with E-state index in [0.29, 0.717) is 16.3 Å². The molecule has 3 rings (SSSR count). The zero-order valence-electron chi connectivity index (χ0n) is 18.0. The van der Waals surface area contributed by atoms with Gasteiger partial charge in [0.1, 0.15) is 12.3 Å². The van der Waals surface area contributed by atoms with Crippen molar-refractivity contribution in [3.05, 3.63) is 63.7 Å². The van der Waals surface area contributed by atoms with E-state index in [0.717, 1.165) is 11.6 Å². The molecule has 1 heterocycles. The van der Waals surface area contributed by atoms with Gasteiger partial charge in [0.15, 0.2) is 0 Å². The van der Waals surface area contributed by atoms with Crippen molar-refractivity contribution in [2.45, 2.75) is 26.1 Å². The van der Waals surface area contributed by atoms with E-state index >= 15 is 0 Å². The maximum Gasteiger partial charge on any atom is 0.406 e. The Hall–Kier alpha value is -3.63. The molecule has 2 amide bonds. The van der Waals surface area contributed by atoms with Crippen molar-refractivity contribution in [2.75, 3.05) is 25.1 Å². The largest absolute Gasteiger partial charge is 0.495 e. The second-order valence-corrected chi connectivity index (χ2v) is 7.78. The summed E-state index contributed by atoms with van der Waals surface area (Å²) in [6.45, 7) is -0.503. The number of hydrogen-bond acceptors (Lipinski definition) is 5. The smallest absolute Gasteiger partial charge is 0.406 e. The van der Waals surface area contributed by atoms with Crippen LogP contribution >= 0.6 is 0 Å². The van der Waals surface area contributed by atoms with Gasteiger partial charge in [0, 0.05) is 24.6 Å². The maximum atomic E-state index is 13.3. The number of amides is 2. The second kappa shape index (κ2) is 9.47. The summed E-state index contributed by atoms with van der Waals surface area (Å²) in [7, 11) is 1.43. The average molecular weight is 465 g/mol. The molecule has 2 aromatic rings. The first-order valence-electron chi connectivity index (χ1n) is 10.0. The number of nitro groups is 1. The maximum absolute atomic E-state index is 13.3. The molecular weight excluding hydrogens is 443 g/mol. The summed E-state index contributed by atoms with van der Waals surface area (Å²) < 4.78 is 45.0. The molecule has 11 heteroatoms. The molecule has 0 aliphatic carbocycles. The van der Waals surface area contributed by atoms with Crippen LogP contribution in [0.2, 0.25) is 0 Å². The molecule has 0 bridgehead atoms. The van der Waals surface area contributed by atoms with Crippen LogP contribution in [0.5, 0.6) is 5.75 Å². The van der Waals surface area contributed by atoms with E-state index in [1.807, 2.05) is 6.92 Å². The molecule has 1 saturated heterocycles. The van der Waals surface area contributed by atoms with Gasteiger partial charge < -0.3 is 14.5 Å². The number of nitro benzene ring substituents is 1. The van der Waals surface area contributed by atoms with Crippen molar-refractivity contribution >= 4 is 23.2 Å². The van der Waals surface area contributed by atoms with Crippen molar-refractivity contribution < 1.29 is 32.4 Å². The fourth-order valence-electron chi connectivity index (χ4n) is 3.83. The quantitative estimate of drug-likeness (QED) is 0.457. The Labute approximate surface area is 187 Å². The normalized spacial score (nSPS) is 16.1. The first-order valence-corrected chi connectivity index (χ1v) is 10.0. The topological polar surface area (TPSA) is 93.0 Å². The monoisotopic (exact) mass is 465 g/mol. The standard InChI is InChI=1S/C22H22F3N3O5/c1-14-7-8-19(33-2)18(9-14)27-12-16(10-20(27)29)21(30)26(13-22(23,24)25)11-15-5-3-4-6-17(15)28(31)32/h3-9,16H,10-13H2,1-2H3. The minimum atomic E-state index is -4.72. The van der Waals surface area contributed by atoms with Crippen LogP contribution in [0.25, 0.3) is 0 Å². The summed E-state index contributed by atoms with van der Waals surface area (Å²) in [6, 6.07) is 10.4. The van der Waals surface area contributed by atoms with E-state index in [4.69, 9.17) is 4.74 Å². The molecule has 176 valence electrons. The SMILES string of the molecule is COc1ccc(C)cc1N1CC(C(=O)N(Cc2ccccc2[N+](=O)[O-])CC(F)(F)F)CC1=O. The summed E-state index contributed by atoms with van der Waals surface area (Å²) in [4.78, 5) is 38.2. The van der Waals surface area contributed by atoms with Gasteiger partial charge in [0.25, 0.3) is 5.69 Å². The third-order valence-electron chi connectivity index (χ3n) is 5.33. The minimum absolute atomic E-state index is 0.0263. The molecule has 1 fully saturated rings. The number of methoxy groups -OCH3 is 1. The number of alkyl halides is 3. The Morgan fingerprint density at radius 3 is 2.61 bits per heavy atom.